The summed E-state index contributed by atoms with van der Waals surface area (Å²) in [6.07, 6.45) is 4.30. The van der Waals surface area contributed by atoms with Crippen molar-refractivity contribution < 1.29 is 19.4 Å². The molecule has 3 aromatic rings. The molecule has 6 nitrogen and oxygen atoms in total. The molecular weight excluding hydrogens is 356 g/mol. The van der Waals surface area contributed by atoms with Crippen LogP contribution in [0.3, 0.4) is 0 Å². The van der Waals surface area contributed by atoms with E-state index in [9.17, 15) is 9.90 Å². The van der Waals surface area contributed by atoms with Crippen LogP contribution in [0.2, 0.25) is 0 Å². The minimum absolute atomic E-state index is 0.132. The number of methoxy groups -OCH3 is 2. The van der Waals surface area contributed by atoms with Gasteiger partial charge in [0.15, 0.2) is 11.5 Å². The number of carbonyl (C=O) groups excluding carboxylic acids is 1. The third kappa shape index (κ3) is 4.35. The second-order valence-electron chi connectivity index (χ2n) is 6.45. The quantitative estimate of drug-likeness (QED) is 0.618. The molecule has 6 heteroatoms. The predicted molar refractivity (Wildman–Crippen MR) is 109 cm³/mol. The first-order chi connectivity index (χ1) is 13.5. The summed E-state index contributed by atoms with van der Waals surface area (Å²) >= 11 is 0. The lowest BCUT2D eigenvalue weighted by Gasteiger charge is -2.12. The first kappa shape index (κ1) is 19.5. The molecule has 0 radical (unpaired) electrons. The summed E-state index contributed by atoms with van der Waals surface area (Å²) in [7, 11) is 5.11. The van der Waals surface area contributed by atoms with Crippen LogP contribution in [0.4, 0.5) is 0 Å². The average molecular weight is 380 g/mol. The van der Waals surface area contributed by atoms with Crippen molar-refractivity contribution in [2.45, 2.75) is 6.10 Å². The molecule has 3 rings (SSSR count). The fraction of sp³-hybridized carbons (Fsp3) is 0.227. The molecule has 1 aromatic heterocycles. The molecule has 1 atom stereocenters. The maximum absolute atomic E-state index is 12.1. The molecule has 0 bridgehead atoms. The van der Waals surface area contributed by atoms with Crippen LogP contribution in [-0.4, -0.2) is 36.3 Å². The standard InChI is InChI=1S/C22H24N2O4/c1-24-11-10-16-13-17(6-7-18(16)24)19(25)14-23-22(26)9-5-15-4-8-20(27-2)21(12-15)28-3/h4-13,19,25H,14H2,1-3H3,(H,23,26)/b9-5+. The Bertz CT molecular complexity index is 1010. The van der Waals surface area contributed by atoms with Crippen LogP contribution in [0.25, 0.3) is 17.0 Å². The highest BCUT2D eigenvalue weighted by Gasteiger charge is 2.10. The van der Waals surface area contributed by atoms with E-state index < -0.39 is 6.10 Å². The zero-order chi connectivity index (χ0) is 20.1. The van der Waals surface area contributed by atoms with Crippen LogP contribution >= 0.6 is 0 Å². The predicted octanol–water partition coefficient (Wildman–Crippen LogP) is 3.06. The summed E-state index contributed by atoms with van der Waals surface area (Å²) in [6.45, 7) is 0.132. The smallest absolute Gasteiger partial charge is 0.244 e. The van der Waals surface area contributed by atoms with Crippen LogP contribution in [-0.2, 0) is 11.8 Å². The Labute approximate surface area is 164 Å². The van der Waals surface area contributed by atoms with Crippen LogP contribution in [0, 0.1) is 0 Å². The number of fused-ring (bicyclic) bond motifs is 1. The molecular formula is C22H24N2O4. The summed E-state index contributed by atoms with van der Waals surface area (Å²) < 4.78 is 12.5. The molecule has 2 N–H and O–H groups in total. The SMILES string of the molecule is COc1ccc(/C=C/C(=O)NCC(O)c2ccc3c(ccn3C)c2)cc1OC. The van der Waals surface area contributed by atoms with Crippen LogP contribution in [0.1, 0.15) is 17.2 Å². The largest absolute Gasteiger partial charge is 0.493 e. The fourth-order valence-electron chi connectivity index (χ4n) is 3.01. The maximum Gasteiger partial charge on any atom is 0.244 e. The van der Waals surface area contributed by atoms with E-state index in [2.05, 4.69) is 5.32 Å². The second kappa shape index (κ2) is 8.63. The minimum Gasteiger partial charge on any atom is -0.493 e. The number of aliphatic hydroxyl groups is 1. The average Bonchev–Trinajstić information content (AvgIpc) is 3.10. The van der Waals surface area contributed by atoms with Gasteiger partial charge in [-0.1, -0.05) is 12.1 Å². The number of nitrogens with one attached hydrogen (secondary N) is 1. The van der Waals surface area contributed by atoms with Crippen molar-refractivity contribution >= 4 is 22.9 Å². The third-order valence-electron chi connectivity index (χ3n) is 4.60. The number of benzene rings is 2. The van der Waals surface area contributed by atoms with E-state index in [1.54, 1.807) is 32.4 Å². The number of ether oxygens (including phenoxy) is 2. The van der Waals surface area contributed by atoms with Crippen molar-refractivity contribution in [3.63, 3.8) is 0 Å². The molecule has 0 saturated heterocycles. The Morgan fingerprint density at radius 3 is 2.68 bits per heavy atom. The Hall–Kier alpha value is -3.25. The number of hydrogen-bond donors (Lipinski definition) is 2. The number of amides is 1. The second-order valence-corrected chi connectivity index (χ2v) is 6.45. The van der Waals surface area contributed by atoms with E-state index in [0.29, 0.717) is 11.5 Å². The number of nitrogens with zero attached hydrogens (tertiary/aromatic N) is 1. The van der Waals surface area contributed by atoms with E-state index in [1.165, 1.54) is 6.08 Å². The van der Waals surface area contributed by atoms with Gasteiger partial charge in [-0.2, -0.15) is 0 Å². The molecule has 1 unspecified atom stereocenters. The first-order valence-corrected chi connectivity index (χ1v) is 8.93. The first-order valence-electron chi connectivity index (χ1n) is 8.93. The molecule has 0 saturated carbocycles. The van der Waals surface area contributed by atoms with Crippen molar-refractivity contribution in [1.82, 2.24) is 9.88 Å². The molecule has 1 heterocycles. The van der Waals surface area contributed by atoms with Gasteiger partial charge in [0.25, 0.3) is 0 Å². The van der Waals surface area contributed by atoms with Crippen molar-refractivity contribution in [3.8, 4) is 11.5 Å². The summed E-state index contributed by atoms with van der Waals surface area (Å²) in [5.41, 5.74) is 2.67. The van der Waals surface area contributed by atoms with Crippen molar-refractivity contribution in [2.75, 3.05) is 20.8 Å². The molecule has 0 aliphatic rings. The van der Waals surface area contributed by atoms with Gasteiger partial charge in [-0.05, 0) is 52.9 Å². The summed E-state index contributed by atoms with van der Waals surface area (Å²) in [5, 5.41) is 14.1. The number of hydrogen-bond acceptors (Lipinski definition) is 4. The fourth-order valence-corrected chi connectivity index (χ4v) is 3.01. The lowest BCUT2D eigenvalue weighted by Crippen LogP contribution is -2.26. The van der Waals surface area contributed by atoms with Crippen molar-refractivity contribution in [1.29, 1.82) is 0 Å². The molecule has 1 amide bonds. The van der Waals surface area contributed by atoms with Gasteiger partial charge < -0.3 is 24.5 Å². The van der Waals surface area contributed by atoms with Gasteiger partial charge in [0.1, 0.15) is 0 Å². The number of carbonyl (C=O) groups is 1. The van der Waals surface area contributed by atoms with E-state index in [-0.39, 0.29) is 12.5 Å². The normalized spacial score (nSPS) is 12.3. The van der Waals surface area contributed by atoms with E-state index in [1.807, 2.05) is 48.1 Å². The summed E-state index contributed by atoms with van der Waals surface area (Å²) in [6, 6.07) is 13.2. The van der Waals surface area contributed by atoms with Gasteiger partial charge >= 0.3 is 0 Å². The number of aliphatic hydroxyl groups excluding tert-OH is 1. The highest BCUT2D eigenvalue weighted by molar-refractivity contribution is 5.91. The zero-order valence-electron chi connectivity index (χ0n) is 16.2. The maximum atomic E-state index is 12.1. The highest BCUT2D eigenvalue weighted by atomic mass is 16.5. The molecule has 0 aliphatic heterocycles. The Kier molecular flexibility index (Phi) is 6.01. The van der Waals surface area contributed by atoms with E-state index in [4.69, 9.17) is 9.47 Å². The van der Waals surface area contributed by atoms with E-state index in [0.717, 1.165) is 22.0 Å². The zero-order valence-corrected chi connectivity index (χ0v) is 16.2. The number of rotatable bonds is 7. The van der Waals surface area contributed by atoms with Crippen LogP contribution in [0.15, 0.2) is 54.7 Å². The lowest BCUT2D eigenvalue weighted by molar-refractivity contribution is -0.116. The highest BCUT2D eigenvalue weighted by Crippen LogP contribution is 2.28. The Morgan fingerprint density at radius 2 is 1.93 bits per heavy atom. The van der Waals surface area contributed by atoms with Gasteiger partial charge in [0, 0.05) is 31.4 Å². The van der Waals surface area contributed by atoms with Crippen LogP contribution in [0.5, 0.6) is 11.5 Å². The van der Waals surface area contributed by atoms with Gasteiger partial charge in [-0.15, -0.1) is 0 Å². The van der Waals surface area contributed by atoms with Gasteiger partial charge in [0.05, 0.1) is 20.3 Å². The summed E-state index contributed by atoms with van der Waals surface area (Å²) in [4.78, 5) is 12.1. The molecule has 28 heavy (non-hydrogen) atoms. The van der Waals surface area contributed by atoms with Crippen molar-refractivity contribution in [3.05, 3.63) is 65.9 Å². The van der Waals surface area contributed by atoms with Gasteiger partial charge in [0.2, 0.25) is 5.91 Å². The summed E-state index contributed by atoms with van der Waals surface area (Å²) in [5.74, 6) is 0.939. The molecule has 0 aliphatic carbocycles. The van der Waals surface area contributed by atoms with Gasteiger partial charge in [-0.3, -0.25) is 4.79 Å². The lowest BCUT2D eigenvalue weighted by atomic mass is 10.1. The number of aromatic nitrogens is 1. The molecule has 146 valence electrons. The number of aryl methyl sites for hydroxylation is 1. The van der Waals surface area contributed by atoms with Gasteiger partial charge in [-0.25, -0.2) is 0 Å². The third-order valence-corrected chi connectivity index (χ3v) is 4.60. The van der Waals surface area contributed by atoms with E-state index >= 15 is 0 Å². The molecule has 2 aromatic carbocycles. The topological polar surface area (TPSA) is 72.7 Å². The van der Waals surface area contributed by atoms with Crippen molar-refractivity contribution in [2.24, 2.45) is 7.05 Å². The van der Waals surface area contributed by atoms with Crippen LogP contribution < -0.4 is 14.8 Å². The Morgan fingerprint density at radius 1 is 1.14 bits per heavy atom. The molecule has 0 spiro atoms. The minimum atomic E-state index is -0.775. The Balaban J connectivity index is 1.59. The molecule has 0 fully saturated rings. The monoisotopic (exact) mass is 380 g/mol.